The maximum atomic E-state index is 11.3. The maximum absolute atomic E-state index is 11.3. The Morgan fingerprint density at radius 3 is 3.13 bits per heavy atom. The van der Waals surface area contributed by atoms with Crippen molar-refractivity contribution in [3.63, 3.8) is 0 Å². The number of hydrogen-bond donors (Lipinski definition) is 2. The van der Waals surface area contributed by atoms with Crippen molar-refractivity contribution in [1.82, 2.24) is 10.6 Å². The van der Waals surface area contributed by atoms with Crippen LogP contribution in [0.1, 0.15) is 6.92 Å². The van der Waals surface area contributed by atoms with Crippen molar-refractivity contribution < 1.29 is 9.53 Å². The Kier molecular flexibility index (Phi) is 5.73. The molecule has 2 N–H and O–H groups in total. The van der Waals surface area contributed by atoms with Gasteiger partial charge in [0.1, 0.15) is 0 Å². The van der Waals surface area contributed by atoms with Gasteiger partial charge in [0.25, 0.3) is 0 Å². The van der Waals surface area contributed by atoms with Crippen molar-refractivity contribution in [2.45, 2.75) is 13.0 Å². The lowest BCUT2D eigenvalue weighted by atomic mass is 10.3. The van der Waals surface area contributed by atoms with Gasteiger partial charge in [0.15, 0.2) is 0 Å². The Bertz CT molecular complexity index is 243. The highest BCUT2D eigenvalue weighted by Gasteiger charge is 2.12. The molecule has 1 unspecified atom stereocenters. The summed E-state index contributed by atoms with van der Waals surface area (Å²) in [6.07, 6.45) is 6.94. The van der Waals surface area contributed by atoms with Crippen LogP contribution in [0.2, 0.25) is 0 Å². The Labute approximate surface area is 90.4 Å². The first kappa shape index (κ1) is 11.9. The first-order valence-electron chi connectivity index (χ1n) is 5.21. The monoisotopic (exact) mass is 210 g/mol. The van der Waals surface area contributed by atoms with Gasteiger partial charge < -0.3 is 15.4 Å². The molecule has 0 aromatic rings. The molecule has 4 nitrogen and oxygen atoms in total. The number of carbonyl (C=O) groups excluding carboxylic acids is 1. The molecule has 1 amide bonds. The zero-order valence-corrected chi connectivity index (χ0v) is 9.03. The van der Waals surface area contributed by atoms with E-state index in [4.69, 9.17) is 4.74 Å². The number of nitrogens with one attached hydrogen (secondary N) is 2. The van der Waals surface area contributed by atoms with Crippen LogP contribution < -0.4 is 10.6 Å². The van der Waals surface area contributed by atoms with Gasteiger partial charge >= 0.3 is 0 Å². The van der Waals surface area contributed by atoms with Crippen LogP contribution in [-0.2, 0) is 9.53 Å². The van der Waals surface area contributed by atoms with E-state index >= 15 is 0 Å². The smallest absolute Gasteiger partial charge is 0.244 e. The van der Waals surface area contributed by atoms with E-state index in [1.165, 1.54) is 6.08 Å². The topological polar surface area (TPSA) is 50.4 Å². The Morgan fingerprint density at radius 2 is 2.47 bits per heavy atom. The van der Waals surface area contributed by atoms with Crippen LogP contribution in [-0.4, -0.2) is 38.3 Å². The van der Waals surface area contributed by atoms with Crippen LogP contribution in [0.3, 0.4) is 0 Å². The van der Waals surface area contributed by atoms with E-state index < -0.39 is 0 Å². The summed E-state index contributed by atoms with van der Waals surface area (Å²) >= 11 is 0. The number of ether oxygens (including phenoxy) is 1. The summed E-state index contributed by atoms with van der Waals surface area (Å²) in [5, 5.41) is 6.07. The van der Waals surface area contributed by atoms with Crippen LogP contribution in [0.5, 0.6) is 0 Å². The van der Waals surface area contributed by atoms with Crippen LogP contribution in [0, 0.1) is 0 Å². The van der Waals surface area contributed by atoms with Gasteiger partial charge in [-0.1, -0.05) is 18.2 Å². The maximum Gasteiger partial charge on any atom is 0.244 e. The second-order valence-electron chi connectivity index (χ2n) is 3.36. The third kappa shape index (κ3) is 5.34. The normalized spacial score (nSPS) is 22.3. The van der Waals surface area contributed by atoms with Gasteiger partial charge in [-0.05, 0) is 6.92 Å². The van der Waals surface area contributed by atoms with E-state index in [9.17, 15) is 4.79 Å². The van der Waals surface area contributed by atoms with Gasteiger partial charge in [-0.2, -0.15) is 0 Å². The fourth-order valence-corrected chi connectivity index (χ4v) is 1.29. The molecule has 0 bridgehead atoms. The second kappa shape index (κ2) is 7.20. The average Bonchev–Trinajstić information content (AvgIpc) is 2.28. The molecule has 1 heterocycles. The molecule has 15 heavy (non-hydrogen) atoms. The number of hydrogen-bond acceptors (Lipinski definition) is 3. The van der Waals surface area contributed by atoms with Crippen molar-refractivity contribution in [2.75, 3.05) is 26.3 Å². The Morgan fingerprint density at radius 1 is 1.60 bits per heavy atom. The van der Waals surface area contributed by atoms with E-state index in [-0.39, 0.29) is 11.9 Å². The minimum Gasteiger partial charge on any atom is -0.378 e. The lowest BCUT2D eigenvalue weighted by Gasteiger charge is -2.23. The average molecular weight is 210 g/mol. The molecule has 1 fully saturated rings. The molecule has 1 saturated heterocycles. The molecule has 84 valence electrons. The quantitative estimate of drug-likeness (QED) is 0.515. The minimum absolute atomic E-state index is 0.0690. The SMILES string of the molecule is CC=CC=CC(=O)NCC1COCCN1. The Balaban J connectivity index is 2.15. The van der Waals surface area contributed by atoms with Crippen LogP contribution in [0.4, 0.5) is 0 Å². The van der Waals surface area contributed by atoms with Gasteiger partial charge in [-0.25, -0.2) is 0 Å². The molecular weight excluding hydrogens is 192 g/mol. The summed E-state index contributed by atoms with van der Waals surface area (Å²) in [5.41, 5.74) is 0. The molecular formula is C11H18N2O2. The van der Waals surface area contributed by atoms with Gasteiger partial charge in [-0.15, -0.1) is 0 Å². The van der Waals surface area contributed by atoms with Gasteiger partial charge in [0, 0.05) is 25.2 Å². The van der Waals surface area contributed by atoms with Gasteiger partial charge in [0.2, 0.25) is 5.91 Å². The zero-order chi connectivity index (χ0) is 10.9. The summed E-state index contributed by atoms with van der Waals surface area (Å²) in [4.78, 5) is 11.3. The number of rotatable bonds is 4. The van der Waals surface area contributed by atoms with Crippen LogP contribution >= 0.6 is 0 Å². The molecule has 0 spiro atoms. The first-order chi connectivity index (χ1) is 7.33. The largest absolute Gasteiger partial charge is 0.378 e. The van der Waals surface area contributed by atoms with Crippen molar-refractivity contribution in [2.24, 2.45) is 0 Å². The van der Waals surface area contributed by atoms with E-state index in [2.05, 4.69) is 10.6 Å². The van der Waals surface area contributed by atoms with E-state index in [1.807, 2.05) is 19.1 Å². The molecule has 0 radical (unpaired) electrons. The van der Waals surface area contributed by atoms with Gasteiger partial charge in [0.05, 0.1) is 13.2 Å². The predicted octanol–water partition coefficient (Wildman–Crippen LogP) is 0.223. The first-order valence-corrected chi connectivity index (χ1v) is 5.21. The number of amides is 1. The van der Waals surface area contributed by atoms with Gasteiger partial charge in [-0.3, -0.25) is 4.79 Å². The van der Waals surface area contributed by atoms with Crippen molar-refractivity contribution >= 4 is 5.91 Å². The molecule has 0 aromatic heterocycles. The van der Waals surface area contributed by atoms with E-state index in [0.29, 0.717) is 13.2 Å². The molecule has 4 heteroatoms. The lowest BCUT2D eigenvalue weighted by Crippen LogP contribution is -2.48. The molecule has 1 aliphatic rings. The Hall–Kier alpha value is -1.13. The highest BCUT2D eigenvalue weighted by atomic mass is 16.5. The fraction of sp³-hybridized carbons (Fsp3) is 0.545. The molecule has 1 rings (SSSR count). The predicted molar refractivity (Wildman–Crippen MR) is 59.6 cm³/mol. The third-order valence-electron chi connectivity index (χ3n) is 2.07. The highest BCUT2D eigenvalue weighted by molar-refractivity contribution is 5.87. The molecule has 0 saturated carbocycles. The highest BCUT2D eigenvalue weighted by Crippen LogP contribution is 1.91. The number of carbonyl (C=O) groups is 1. The molecule has 1 aliphatic heterocycles. The zero-order valence-electron chi connectivity index (χ0n) is 9.03. The summed E-state index contributed by atoms with van der Waals surface area (Å²) in [6, 6.07) is 0.234. The molecule has 0 aromatic carbocycles. The summed E-state index contributed by atoms with van der Waals surface area (Å²) in [6.45, 7) is 4.80. The van der Waals surface area contributed by atoms with Crippen molar-refractivity contribution in [3.8, 4) is 0 Å². The standard InChI is InChI=1S/C11H18N2O2/c1-2-3-4-5-11(14)13-8-10-9-15-7-6-12-10/h2-5,10,12H,6-9H2,1H3,(H,13,14). The van der Waals surface area contributed by atoms with Crippen molar-refractivity contribution in [3.05, 3.63) is 24.3 Å². The van der Waals surface area contributed by atoms with Crippen LogP contribution in [0.25, 0.3) is 0 Å². The summed E-state index contributed by atoms with van der Waals surface area (Å²) in [5.74, 6) is -0.0690. The van der Waals surface area contributed by atoms with Crippen molar-refractivity contribution in [1.29, 1.82) is 0 Å². The molecule has 0 aliphatic carbocycles. The second-order valence-corrected chi connectivity index (χ2v) is 3.36. The minimum atomic E-state index is -0.0690. The fourth-order valence-electron chi connectivity index (χ4n) is 1.29. The summed E-state index contributed by atoms with van der Waals surface area (Å²) < 4.78 is 5.27. The lowest BCUT2D eigenvalue weighted by molar-refractivity contribution is -0.116. The van der Waals surface area contributed by atoms with E-state index in [0.717, 1.165) is 13.2 Å². The number of morpholine rings is 1. The number of allylic oxidation sites excluding steroid dienone is 3. The third-order valence-corrected chi connectivity index (χ3v) is 2.07. The summed E-state index contributed by atoms with van der Waals surface area (Å²) in [7, 11) is 0. The molecule has 1 atom stereocenters. The van der Waals surface area contributed by atoms with E-state index in [1.54, 1.807) is 6.08 Å². The van der Waals surface area contributed by atoms with Crippen LogP contribution in [0.15, 0.2) is 24.3 Å².